The molecular formula is C15H13ClFNO3S. The Morgan fingerprint density at radius 2 is 1.82 bits per heavy atom. The van der Waals surface area contributed by atoms with Crippen molar-refractivity contribution < 1.29 is 17.6 Å². The molecule has 22 heavy (non-hydrogen) atoms. The van der Waals surface area contributed by atoms with E-state index >= 15 is 0 Å². The van der Waals surface area contributed by atoms with Crippen molar-refractivity contribution in [2.75, 3.05) is 0 Å². The Bertz CT molecular complexity index is 791. The summed E-state index contributed by atoms with van der Waals surface area (Å²) in [6.07, 6.45) is 0.219. The molecule has 1 N–H and O–H groups in total. The van der Waals surface area contributed by atoms with Gasteiger partial charge in [-0.25, -0.2) is 12.8 Å². The van der Waals surface area contributed by atoms with E-state index in [4.69, 9.17) is 11.6 Å². The molecule has 0 spiro atoms. The summed E-state index contributed by atoms with van der Waals surface area (Å²) in [6.45, 7) is 1.81. The highest BCUT2D eigenvalue weighted by Gasteiger charge is 2.31. The largest absolute Gasteiger partial charge is 0.338 e. The molecule has 0 radical (unpaired) electrons. The summed E-state index contributed by atoms with van der Waals surface area (Å²) in [5.74, 6) is -0.876. The zero-order chi connectivity index (χ0) is 16.3. The van der Waals surface area contributed by atoms with E-state index in [-0.39, 0.29) is 21.9 Å². The molecule has 0 heterocycles. The van der Waals surface area contributed by atoms with Crippen molar-refractivity contribution in [3.63, 3.8) is 0 Å². The molecule has 0 saturated heterocycles. The number of hydrogen-bond acceptors (Lipinski definition) is 3. The molecule has 1 amide bonds. The van der Waals surface area contributed by atoms with E-state index in [1.807, 2.05) is 6.92 Å². The fourth-order valence-electron chi connectivity index (χ4n) is 2.00. The number of carbonyl (C=O) groups is 1. The fraction of sp³-hybridized carbons (Fsp3) is 0.133. The van der Waals surface area contributed by atoms with Crippen molar-refractivity contribution >= 4 is 27.8 Å². The van der Waals surface area contributed by atoms with Crippen LogP contribution in [0.25, 0.3) is 0 Å². The topological polar surface area (TPSA) is 63.2 Å². The van der Waals surface area contributed by atoms with Gasteiger partial charge in [0.05, 0.1) is 9.92 Å². The average Bonchev–Trinajstić information content (AvgIpc) is 2.48. The summed E-state index contributed by atoms with van der Waals surface area (Å²) in [5, 5.41) is 0.390. The predicted octanol–water partition coefficient (Wildman–Crippen LogP) is 3.01. The standard InChI is InChI=1S/C15H13ClFNO3S/c1-10-5-7-11(8-6-10)22(20,21)15(18-9-19)12-3-2-4-13(16)14(12)17/h2-9,15H,1H3,(H,18,19)/t15-/m1/s1. The van der Waals surface area contributed by atoms with Gasteiger partial charge >= 0.3 is 0 Å². The zero-order valence-corrected chi connectivity index (χ0v) is 13.2. The molecule has 116 valence electrons. The van der Waals surface area contributed by atoms with Gasteiger partial charge in [0.15, 0.2) is 5.37 Å². The van der Waals surface area contributed by atoms with E-state index in [1.54, 1.807) is 12.1 Å². The Hall–Kier alpha value is -1.92. The van der Waals surface area contributed by atoms with E-state index in [9.17, 15) is 17.6 Å². The fourth-order valence-corrected chi connectivity index (χ4v) is 3.72. The van der Waals surface area contributed by atoms with Crippen molar-refractivity contribution in [3.8, 4) is 0 Å². The van der Waals surface area contributed by atoms with E-state index in [2.05, 4.69) is 5.32 Å². The number of carbonyl (C=O) groups excluding carboxylic acids is 1. The van der Waals surface area contributed by atoms with Crippen molar-refractivity contribution in [3.05, 3.63) is 64.4 Å². The first-order chi connectivity index (χ1) is 10.4. The van der Waals surface area contributed by atoms with Gasteiger partial charge in [-0.2, -0.15) is 0 Å². The maximum absolute atomic E-state index is 14.1. The summed E-state index contributed by atoms with van der Waals surface area (Å²) in [5.41, 5.74) is 0.674. The van der Waals surface area contributed by atoms with E-state index < -0.39 is 21.0 Å². The smallest absolute Gasteiger partial charge is 0.208 e. The Morgan fingerprint density at radius 1 is 1.18 bits per heavy atom. The molecule has 2 aromatic carbocycles. The van der Waals surface area contributed by atoms with Crippen molar-refractivity contribution in [1.82, 2.24) is 5.32 Å². The average molecular weight is 342 g/mol. The molecule has 2 aromatic rings. The maximum atomic E-state index is 14.1. The van der Waals surface area contributed by atoms with Gasteiger partial charge in [0.1, 0.15) is 5.82 Å². The lowest BCUT2D eigenvalue weighted by atomic mass is 10.2. The maximum Gasteiger partial charge on any atom is 0.208 e. The molecule has 0 fully saturated rings. The molecule has 0 saturated carbocycles. The number of benzene rings is 2. The summed E-state index contributed by atoms with van der Waals surface area (Å²) in [4.78, 5) is 10.8. The van der Waals surface area contributed by atoms with Crippen LogP contribution in [0.15, 0.2) is 47.4 Å². The van der Waals surface area contributed by atoms with Gasteiger partial charge in [-0.15, -0.1) is 0 Å². The summed E-state index contributed by atoms with van der Waals surface area (Å²) < 4.78 is 39.5. The number of halogens is 2. The van der Waals surface area contributed by atoms with Gasteiger partial charge < -0.3 is 5.32 Å². The molecule has 0 aliphatic heterocycles. The minimum absolute atomic E-state index is 0.0168. The Balaban J connectivity index is 2.58. The highest BCUT2D eigenvalue weighted by atomic mass is 35.5. The molecule has 0 unspecified atom stereocenters. The van der Waals surface area contributed by atoms with Gasteiger partial charge in [-0.1, -0.05) is 41.4 Å². The molecule has 0 aromatic heterocycles. The Kier molecular flexibility index (Phi) is 4.83. The summed E-state index contributed by atoms with van der Waals surface area (Å²) in [7, 11) is -4.01. The SMILES string of the molecule is Cc1ccc(S(=O)(=O)[C@@H](NC=O)c2cccc(Cl)c2F)cc1. The highest BCUT2D eigenvalue weighted by Crippen LogP contribution is 2.30. The summed E-state index contributed by atoms with van der Waals surface area (Å²) >= 11 is 5.69. The van der Waals surface area contributed by atoms with Crippen LogP contribution in [0.1, 0.15) is 16.5 Å². The molecule has 0 aliphatic carbocycles. The van der Waals surface area contributed by atoms with Crippen LogP contribution in [-0.2, 0) is 14.6 Å². The zero-order valence-electron chi connectivity index (χ0n) is 11.6. The van der Waals surface area contributed by atoms with E-state index in [0.717, 1.165) is 5.56 Å². The molecule has 4 nitrogen and oxygen atoms in total. The second-order valence-electron chi connectivity index (χ2n) is 4.67. The van der Waals surface area contributed by atoms with Gasteiger partial charge in [-0.05, 0) is 25.1 Å². The first kappa shape index (κ1) is 16.5. The molecular weight excluding hydrogens is 329 g/mol. The second-order valence-corrected chi connectivity index (χ2v) is 7.11. The van der Waals surface area contributed by atoms with Crippen LogP contribution >= 0.6 is 11.6 Å². The quantitative estimate of drug-likeness (QED) is 0.850. The lowest BCUT2D eigenvalue weighted by Gasteiger charge is -2.18. The Morgan fingerprint density at radius 3 is 2.41 bits per heavy atom. The van der Waals surface area contributed by atoms with E-state index in [1.165, 1.54) is 30.3 Å². The van der Waals surface area contributed by atoms with Crippen LogP contribution in [0.3, 0.4) is 0 Å². The third kappa shape index (κ3) is 3.13. The van der Waals surface area contributed by atoms with Crippen molar-refractivity contribution in [2.24, 2.45) is 0 Å². The van der Waals surface area contributed by atoms with Crippen LogP contribution < -0.4 is 5.32 Å². The minimum atomic E-state index is -4.01. The first-order valence-electron chi connectivity index (χ1n) is 6.32. The summed E-state index contributed by atoms with van der Waals surface area (Å²) in [6, 6.07) is 10.1. The van der Waals surface area contributed by atoms with Crippen LogP contribution in [0.5, 0.6) is 0 Å². The third-order valence-corrected chi connectivity index (χ3v) is 5.37. The van der Waals surface area contributed by atoms with Gasteiger partial charge in [0, 0.05) is 5.56 Å². The lowest BCUT2D eigenvalue weighted by molar-refractivity contribution is -0.109. The lowest BCUT2D eigenvalue weighted by Crippen LogP contribution is -2.28. The second kappa shape index (κ2) is 6.46. The van der Waals surface area contributed by atoms with Gasteiger partial charge in [0.25, 0.3) is 0 Å². The normalized spacial score (nSPS) is 12.7. The van der Waals surface area contributed by atoms with E-state index in [0.29, 0.717) is 0 Å². The number of nitrogens with one attached hydrogen (secondary N) is 1. The van der Waals surface area contributed by atoms with Crippen LogP contribution in [0.2, 0.25) is 5.02 Å². The Labute approximate surface area is 132 Å². The molecule has 2 rings (SSSR count). The molecule has 0 aliphatic rings. The van der Waals surface area contributed by atoms with Crippen molar-refractivity contribution in [2.45, 2.75) is 17.2 Å². The van der Waals surface area contributed by atoms with Gasteiger partial charge in [-0.3, -0.25) is 4.79 Å². The first-order valence-corrected chi connectivity index (χ1v) is 8.24. The molecule has 7 heteroatoms. The highest BCUT2D eigenvalue weighted by molar-refractivity contribution is 7.91. The predicted molar refractivity (Wildman–Crippen MR) is 81.7 cm³/mol. The number of sulfone groups is 1. The molecule has 0 bridgehead atoms. The number of amides is 1. The monoisotopic (exact) mass is 341 g/mol. The number of rotatable bonds is 5. The van der Waals surface area contributed by atoms with Crippen molar-refractivity contribution in [1.29, 1.82) is 0 Å². The van der Waals surface area contributed by atoms with Crippen LogP contribution in [0.4, 0.5) is 4.39 Å². The van der Waals surface area contributed by atoms with Gasteiger partial charge in [0.2, 0.25) is 16.2 Å². The molecule has 1 atom stereocenters. The minimum Gasteiger partial charge on any atom is -0.338 e. The number of aryl methyl sites for hydroxylation is 1. The third-order valence-electron chi connectivity index (χ3n) is 3.14. The van der Waals surface area contributed by atoms with Crippen LogP contribution in [-0.4, -0.2) is 14.8 Å². The van der Waals surface area contributed by atoms with Crippen LogP contribution in [0, 0.1) is 12.7 Å². The number of hydrogen-bond donors (Lipinski definition) is 1.